The number of nitrogens with zero attached hydrogens (tertiary/aromatic N) is 2. The Morgan fingerprint density at radius 1 is 1.11 bits per heavy atom. The van der Waals surface area contributed by atoms with Gasteiger partial charge in [0, 0.05) is 11.1 Å². The number of hydrogen-bond donors (Lipinski definition) is 1. The summed E-state index contributed by atoms with van der Waals surface area (Å²) < 4.78 is 5.78. The molecule has 4 saturated carbocycles. The van der Waals surface area contributed by atoms with Gasteiger partial charge in [0.1, 0.15) is 0 Å². The molecule has 1 amide bonds. The van der Waals surface area contributed by atoms with Gasteiger partial charge in [-0.05, 0) is 82.3 Å². The van der Waals surface area contributed by atoms with Crippen LogP contribution in [-0.4, -0.2) is 26.9 Å². The molecule has 0 saturated heterocycles. The second kappa shape index (κ2) is 6.90. The Morgan fingerprint density at radius 3 is 2.32 bits per heavy atom. The first-order chi connectivity index (χ1) is 13.5. The molecule has 28 heavy (non-hydrogen) atoms. The van der Waals surface area contributed by atoms with E-state index in [1.807, 2.05) is 38.1 Å². The van der Waals surface area contributed by atoms with Crippen molar-refractivity contribution in [3.8, 4) is 11.5 Å². The number of nitrogens with one attached hydrogen (secondary N) is 1. The number of amides is 1. The molecular weight excluding hydrogens is 370 g/mol. The van der Waals surface area contributed by atoms with Crippen LogP contribution in [0.3, 0.4) is 0 Å². The summed E-state index contributed by atoms with van der Waals surface area (Å²) in [7, 11) is 0. The molecule has 1 N–H and O–H groups in total. The predicted molar refractivity (Wildman–Crippen MR) is 109 cm³/mol. The van der Waals surface area contributed by atoms with Crippen LogP contribution in [0, 0.1) is 24.7 Å². The zero-order valence-electron chi connectivity index (χ0n) is 16.5. The molecule has 1 atom stereocenters. The third-order valence-electron chi connectivity index (χ3n) is 6.78. The predicted octanol–water partition coefficient (Wildman–Crippen LogP) is 4.61. The van der Waals surface area contributed by atoms with Gasteiger partial charge in [0.05, 0.1) is 5.25 Å². The molecule has 148 valence electrons. The Hall–Kier alpha value is -1.82. The van der Waals surface area contributed by atoms with Crippen molar-refractivity contribution in [2.45, 2.75) is 68.4 Å². The van der Waals surface area contributed by atoms with Crippen molar-refractivity contribution < 1.29 is 9.21 Å². The quantitative estimate of drug-likeness (QED) is 0.746. The lowest BCUT2D eigenvalue weighted by atomic mass is 9.53. The molecule has 6 heteroatoms. The fourth-order valence-corrected chi connectivity index (χ4v) is 6.59. The molecule has 4 aliphatic carbocycles. The summed E-state index contributed by atoms with van der Waals surface area (Å²) in [4.78, 5) is 12.9. The lowest BCUT2D eigenvalue weighted by Crippen LogP contribution is -2.60. The maximum atomic E-state index is 12.9. The Balaban J connectivity index is 1.23. The van der Waals surface area contributed by atoms with E-state index in [0.717, 1.165) is 23.3 Å². The molecule has 0 radical (unpaired) electrons. The van der Waals surface area contributed by atoms with Gasteiger partial charge in [-0.3, -0.25) is 4.79 Å². The van der Waals surface area contributed by atoms with Crippen molar-refractivity contribution in [1.29, 1.82) is 0 Å². The van der Waals surface area contributed by atoms with E-state index in [4.69, 9.17) is 4.42 Å². The summed E-state index contributed by atoms with van der Waals surface area (Å²) >= 11 is 1.35. The molecule has 6 rings (SSSR count). The zero-order chi connectivity index (χ0) is 19.3. The van der Waals surface area contributed by atoms with Crippen LogP contribution in [0.4, 0.5) is 0 Å². The van der Waals surface area contributed by atoms with E-state index in [1.165, 1.54) is 55.9 Å². The Bertz CT molecular complexity index is 841. The van der Waals surface area contributed by atoms with Crippen molar-refractivity contribution in [2.24, 2.45) is 17.8 Å². The van der Waals surface area contributed by atoms with Crippen LogP contribution in [0.25, 0.3) is 11.5 Å². The average Bonchev–Trinajstić information content (AvgIpc) is 3.09. The summed E-state index contributed by atoms with van der Waals surface area (Å²) in [5.41, 5.74) is 2.13. The van der Waals surface area contributed by atoms with Gasteiger partial charge in [0.2, 0.25) is 11.8 Å². The minimum Gasteiger partial charge on any atom is -0.411 e. The van der Waals surface area contributed by atoms with Crippen LogP contribution < -0.4 is 5.32 Å². The summed E-state index contributed by atoms with van der Waals surface area (Å²) in [6.07, 6.45) is 7.64. The summed E-state index contributed by atoms with van der Waals surface area (Å²) in [6.45, 7) is 3.97. The largest absolute Gasteiger partial charge is 0.411 e. The van der Waals surface area contributed by atoms with Gasteiger partial charge in [-0.15, -0.1) is 10.2 Å². The average molecular weight is 398 g/mol. The SMILES string of the molecule is Cc1ccc(-c2nnc(SC(C)C(=O)NC34CC5CC(CC(C5)C3)C4)o2)cc1. The fraction of sp³-hybridized carbons (Fsp3) is 0.591. The monoisotopic (exact) mass is 397 g/mol. The highest BCUT2D eigenvalue weighted by atomic mass is 32.2. The second-order valence-corrected chi connectivity index (χ2v) is 10.5. The van der Waals surface area contributed by atoms with Gasteiger partial charge >= 0.3 is 0 Å². The minimum absolute atomic E-state index is 0.0442. The highest BCUT2D eigenvalue weighted by molar-refractivity contribution is 8.00. The van der Waals surface area contributed by atoms with Crippen LogP contribution in [0.5, 0.6) is 0 Å². The van der Waals surface area contributed by atoms with E-state index >= 15 is 0 Å². The lowest BCUT2D eigenvalue weighted by Gasteiger charge is -2.57. The number of aryl methyl sites for hydroxylation is 1. The van der Waals surface area contributed by atoms with Gasteiger partial charge in [-0.25, -0.2) is 0 Å². The molecule has 0 aliphatic heterocycles. The third kappa shape index (κ3) is 3.47. The first kappa shape index (κ1) is 18.2. The number of carbonyl (C=O) groups is 1. The van der Waals surface area contributed by atoms with Crippen LogP contribution in [0.2, 0.25) is 0 Å². The Kier molecular flexibility index (Phi) is 4.49. The third-order valence-corrected chi connectivity index (χ3v) is 7.71. The van der Waals surface area contributed by atoms with E-state index in [1.54, 1.807) is 0 Å². The first-order valence-corrected chi connectivity index (χ1v) is 11.3. The maximum Gasteiger partial charge on any atom is 0.277 e. The van der Waals surface area contributed by atoms with Crippen LogP contribution in [-0.2, 0) is 4.79 Å². The number of hydrogen-bond acceptors (Lipinski definition) is 5. The molecule has 4 bridgehead atoms. The summed E-state index contributed by atoms with van der Waals surface area (Å²) in [6, 6.07) is 7.99. The fourth-order valence-electron chi connectivity index (χ4n) is 5.90. The van der Waals surface area contributed by atoms with Gasteiger partial charge in [0.15, 0.2) is 0 Å². The minimum atomic E-state index is -0.251. The molecular formula is C22H27N3O2S. The number of rotatable bonds is 5. The molecule has 0 spiro atoms. The molecule has 5 nitrogen and oxygen atoms in total. The lowest BCUT2D eigenvalue weighted by molar-refractivity contribution is -0.126. The highest BCUT2D eigenvalue weighted by Gasteiger charge is 2.51. The van der Waals surface area contributed by atoms with E-state index in [0.29, 0.717) is 11.1 Å². The maximum absolute atomic E-state index is 12.9. The number of aromatic nitrogens is 2. The normalized spacial score (nSPS) is 31.7. The van der Waals surface area contributed by atoms with E-state index in [9.17, 15) is 4.79 Å². The first-order valence-electron chi connectivity index (χ1n) is 10.4. The van der Waals surface area contributed by atoms with Crippen LogP contribution >= 0.6 is 11.8 Å². The van der Waals surface area contributed by atoms with Crippen molar-refractivity contribution in [3.05, 3.63) is 29.8 Å². The van der Waals surface area contributed by atoms with E-state index in [-0.39, 0.29) is 16.7 Å². The van der Waals surface area contributed by atoms with E-state index in [2.05, 4.69) is 15.5 Å². The zero-order valence-corrected chi connectivity index (χ0v) is 17.3. The summed E-state index contributed by atoms with van der Waals surface area (Å²) in [5.74, 6) is 3.06. The van der Waals surface area contributed by atoms with Crippen molar-refractivity contribution in [2.75, 3.05) is 0 Å². The molecule has 1 aromatic heterocycles. The van der Waals surface area contributed by atoms with Crippen molar-refractivity contribution >= 4 is 17.7 Å². The number of thioether (sulfide) groups is 1. The van der Waals surface area contributed by atoms with E-state index < -0.39 is 0 Å². The number of carbonyl (C=O) groups excluding carboxylic acids is 1. The van der Waals surface area contributed by atoms with Gasteiger partial charge in [0.25, 0.3) is 5.22 Å². The molecule has 4 aliphatic rings. The van der Waals surface area contributed by atoms with Gasteiger partial charge < -0.3 is 9.73 Å². The topological polar surface area (TPSA) is 68.0 Å². The Labute approximate surface area is 170 Å². The molecule has 1 unspecified atom stereocenters. The highest BCUT2D eigenvalue weighted by Crippen LogP contribution is 2.55. The van der Waals surface area contributed by atoms with Crippen LogP contribution in [0.15, 0.2) is 33.9 Å². The van der Waals surface area contributed by atoms with Crippen molar-refractivity contribution in [1.82, 2.24) is 15.5 Å². The second-order valence-electron chi connectivity index (χ2n) is 9.19. The van der Waals surface area contributed by atoms with Crippen molar-refractivity contribution in [3.63, 3.8) is 0 Å². The summed E-state index contributed by atoms with van der Waals surface area (Å²) in [5, 5.41) is 11.9. The smallest absolute Gasteiger partial charge is 0.277 e. The standard InChI is InChI=1S/C22H27N3O2S/c1-13-3-5-18(6-4-13)20-24-25-21(27-20)28-14(2)19(26)23-22-10-15-7-16(11-22)9-17(8-15)12-22/h3-6,14-17H,7-12H2,1-2H3,(H,23,26). The molecule has 4 fully saturated rings. The van der Waals surface area contributed by atoms with Gasteiger partial charge in [-0.1, -0.05) is 29.5 Å². The molecule has 1 aromatic carbocycles. The Morgan fingerprint density at radius 2 is 1.71 bits per heavy atom. The molecule has 1 heterocycles. The number of benzene rings is 1. The molecule has 2 aromatic rings. The van der Waals surface area contributed by atoms with Crippen LogP contribution in [0.1, 0.15) is 51.0 Å². The van der Waals surface area contributed by atoms with Gasteiger partial charge in [-0.2, -0.15) is 0 Å².